The van der Waals surface area contributed by atoms with Crippen LogP contribution in [0.5, 0.6) is 5.75 Å². The highest BCUT2D eigenvalue weighted by molar-refractivity contribution is 6.42. The Kier molecular flexibility index (Phi) is 6.10. The highest BCUT2D eigenvalue weighted by Crippen LogP contribution is 2.26. The molecule has 0 aromatic heterocycles. The van der Waals surface area contributed by atoms with Crippen molar-refractivity contribution in [3.05, 3.63) is 63.6 Å². The van der Waals surface area contributed by atoms with Crippen LogP contribution in [0.3, 0.4) is 0 Å². The molecule has 0 aliphatic carbocycles. The molecular formula is C21H23Cl2NO2. The summed E-state index contributed by atoms with van der Waals surface area (Å²) < 4.78 is 5.85. The molecule has 1 amide bonds. The number of piperidine rings is 1. The number of hydrogen-bond donors (Lipinski definition) is 0. The first-order chi connectivity index (χ1) is 12.5. The van der Waals surface area contributed by atoms with Gasteiger partial charge >= 0.3 is 0 Å². The Morgan fingerprint density at radius 2 is 1.81 bits per heavy atom. The summed E-state index contributed by atoms with van der Waals surface area (Å²) in [5.74, 6) is 0.740. The van der Waals surface area contributed by atoms with Gasteiger partial charge in [-0.05, 0) is 69.0 Å². The van der Waals surface area contributed by atoms with E-state index in [-0.39, 0.29) is 18.0 Å². The molecule has 1 fully saturated rings. The lowest BCUT2D eigenvalue weighted by Gasteiger charge is -2.39. The maximum Gasteiger partial charge on any atom is 0.254 e. The summed E-state index contributed by atoms with van der Waals surface area (Å²) in [4.78, 5) is 15.0. The Hall–Kier alpha value is -1.71. The van der Waals surface area contributed by atoms with E-state index in [1.54, 1.807) is 12.1 Å². The number of carbonyl (C=O) groups excluding carboxylic acids is 1. The average molecular weight is 392 g/mol. The second kappa shape index (κ2) is 8.32. The summed E-state index contributed by atoms with van der Waals surface area (Å²) in [7, 11) is 0. The third-order valence-corrected chi connectivity index (χ3v) is 5.64. The number of halogens is 2. The van der Waals surface area contributed by atoms with Gasteiger partial charge in [-0.2, -0.15) is 0 Å². The molecule has 0 unspecified atom stereocenters. The van der Waals surface area contributed by atoms with E-state index in [9.17, 15) is 4.79 Å². The van der Waals surface area contributed by atoms with Crippen molar-refractivity contribution in [1.82, 2.24) is 4.90 Å². The average Bonchev–Trinajstić information content (AvgIpc) is 2.63. The largest absolute Gasteiger partial charge is 0.489 e. The van der Waals surface area contributed by atoms with Crippen molar-refractivity contribution in [2.45, 2.75) is 51.8 Å². The van der Waals surface area contributed by atoms with Gasteiger partial charge in [0.25, 0.3) is 5.91 Å². The van der Waals surface area contributed by atoms with Crippen LogP contribution >= 0.6 is 23.2 Å². The SMILES string of the molecule is C[C@@H]1CCC[C@H](C)N1C(=O)c1cccc(OCc2ccc(Cl)c(Cl)c2)c1. The first kappa shape index (κ1) is 19.1. The second-order valence-electron chi connectivity index (χ2n) is 6.91. The van der Waals surface area contributed by atoms with Crippen LogP contribution in [-0.2, 0) is 6.61 Å². The molecule has 26 heavy (non-hydrogen) atoms. The van der Waals surface area contributed by atoms with Crippen LogP contribution in [0.25, 0.3) is 0 Å². The van der Waals surface area contributed by atoms with Gasteiger partial charge < -0.3 is 9.64 Å². The first-order valence-electron chi connectivity index (χ1n) is 8.95. The molecular weight excluding hydrogens is 369 g/mol. The van der Waals surface area contributed by atoms with Crippen LogP contribution in [0, 0.1) is 0 Å². The van der Waals surface area contributed by atoms with Gasteiger partial charge in [-0.25, -0.2) is 0 Å². The molecule has 5 heteroatoms. The summed E-state index contributed by atoms with van der Waals surface area (Å²) in [5.41, 5.74) is 1.59. The number of rotatable bonds is 4. The molecule has 1 saturated heterocycles. The number of hydrogen-bond acceptors (Lipinski definition) is 2. The molecule has 0 N–H and O–H groups in total. The number of ether oxygens (including phenoxy) is 1. The Labute approximate surface area is 164 Å². The fraction of sp³-hybridized carbons (Fsp3) is 0.381. The molecule has 2 aromatic carbocycles. The highest BCUT2D eigenvalue weighted by Gasteiger charge is 2.29. The standard InChI is InChI=1S/C21H23Cl2NO2/c1-14-5-3-6-15(2)24(14)21(25)17-7-4-8-18(12-17)26-13-16-9-10-19(22)20(23)11-16/h4,7-12,14-15H,3,5-6,13H2,1-2H3/t14-,15+. The summed E-state index contributed by atoms with van der Waals surface area (Å²) in [5, 5.41) is 1.03. The third-order valence-electron chi connectivity index (χ3n) is 4.90. The Bertz CT molecular complexity index is 783. The number of nitrogens with zero attached hydrogens (tertiary/aromatic N) is 1. The molecule has 138 valence electrons. The van der Waals surface area contributed by atoms with E-state index >= 15 is 0 Å². The second-order valence-corrected chi connectivity index (χ2v) is 7.72. The van der Waals surface area contributed by atoms with Crippen molar-refractivity contribution in [1.29, 1.82) is 0 Å². The Balaban J connectivity index is 1.71. The van der Waals surface area contributed by atoms with E-state index < -0.39 is 0 Å². The Morgan fingerprint density at radius 1 is 1.08 bits per heavy atom. The van der Waals surface area contributed by atoms with Crippen molar-refractivity contribution in [3.8, 4) is 5.75 Å². The number of benzene rings is 2. The maximum absolute atomic E-state index is 13.0. The highest BCUT2D eigenvalue weighted by atomic mass is 35.5. The van der Waals surface area contributed by atoms with E-state index in [0.717, 1.165) is 18.4 Å². The lowest BCUT2D eigenvalue weighted by molar-refractivity contribution is 0.0510. The lowest BCUT2D eigenvalue weighted by atomic mass is 9.96. The molecule has 0 bridgehead atoms. The zero-order valence-electron chi connectivity index (χ0n) is 15.0. The first-order valence-corrected chi connectivity index (χ1v) is 9.70. The van der Waals surface area contributed by atoms with Crippen molar-refractivity contribution < 1.29 is 9.53 Å². The minimum atomic E-state index is 0.0738. The molecule has 3 nitrogen and oxygen atoms in total. The fourth-order valence-electron chi connectivity index (χ4n) is 3.49. The van der Waals surface area contributed by atoms with Crippen LogP contribution in [0.1, 0.15) is 49.0 Å². The van der Waals surface area contributed by atoms with Crippen LogP contribution < -0.4 is 4.74 Å². The number of likely N-dealkylation sites (tertiary alicyclic amines) is 1. The number of amides is 1. The van der Waals surface area contributed by atoms with Crippen LogP contribution in [-0.4, -0.2) is 22.9 Å². The number of carbonyl (C=O) groups is 1. The smallest absolute Gasteiger partial charge is 0.254 e. The van der Waals surface area contributed by atoms with Crippen molar-refractivity contribution >= 4 is 29.1 Å². The molecule has 1 aliphatic heterocycles. The van der Waals surface area contributed by atoms with Gasteiger partial charge in [-0.1, -0.05) is 35.3 Å². The third kappa shape index (κ3) is 4.33. The van der Waals surface area contributed by atoms with Gasteiger partial charge in [0.05, 0.1) is 10.0 Å². The van der Waals surface area contributed by atoms with Crippen molar-refractivity contribution in [3.63, 3.8) is 0 Å². The van der Waals surface area contributed by atoms with E-state index in [1.807, 2.05) is 35.2 Å². The van der Waals surface area contributed by atoms with Crippen molar-refractivity contribution in [2.75, 3.05) is 0 Å². The van der Waals surface area contributed by atoms with E-state index in [2.05, 4.69) is 13.8 Å². The molecule has 0 radical (unpaired) electrons. The maximum atomic E-state index is 13.0. The summed E-state index contributed by atoms with van der Waals surface area (Å²) in [6, 6.07) is 13.3. The Morgan fingerprint density at radius 3 is 2.50 bits per heavy atom. The predicted molar refractivity (Wildman–Crippen MR) is 106 cm³/mol. The molecule has 3 rings (SSSR count). The molecule has 2 aromatic rings. The zero-order chi connectivity index (χ0) is 18.7. The fourth-order valence-corrected chi connectivity index (χ4v) is 3.81. The quantitative estimate of drug-likeness (QED) is 0.641. The summed E-state index contributed by atoms with van der Waals surface area (Å²) in [6.07, 6.45) is 3.30. The molecule has 0 saturated carbocycles. The minimum absolute atomic E-state index is 0.0738. The molecule has 0 spiro atoms. The monoisotopic (exact) mass is 391 g/mol. The molecule has 2 atom stereocenters. The van der Waals surface area contributed by atoms with Gasteiger partial charge in [0, 0.05) is 17.6 Å². The van der Waals surface area contributed by atoms with Crippen LogP contribution in [0.15, 0.2) is 42.5 Å². The van der Waals surface area contributed by atoms with E-state index in [1.165, 1.54) is 6.42 Å². The van der Waals surface area contributed by atoms with Crippen LogP contribution in [0.4, 0.5) is 0 Å². The van der Waals surface area contributed by atoms with Gasteiger partial charge in [0.1, 0.15) is 12.4 Å². The summed E-state index contributed by atoms with van der Waals surface area (Å²) >= 11 is 12.0. The normalized spacial score (nSPS) is 20.1. The van der Waals surface area contributed by atoms with Gasteiger partial charge in [-0.3, -0.25) is 4.79 Å². The topological polar surface area (TPSA) is 29.5 Å². The predicted octanol–water partition coefficient (Wildman–Crippen LogP) is 5.98. The van der Waals surface area contributed by atoms with Gasteiger partial charge in [0.15, 0.2) is 0 Å². The van der Waals surface area contributed by atoms with E-state index in [4.69, 9.17) is 27.9 Å². The molecule has 1 heterocycles. The van der Waals surface area contributed by atoms with Crippen LogP contribution in [0.2, 0.25) is 10.0 Å². The zero-order valence-corrected chi connectivity index (χ0v) is 16.6. The van der Waals surface area contributed by atoms with Crippen molar-refractivity contribution in [2.24, 2.45) is 0 Å². The van der Waals surface area contributed by atoms with Gasteiger partial charge in [0.2, 0.25) is 0 Å². The minimum Gasteiger partial charge on any atom is -0.489 e. The van der Waals surface area contributed by atoms with Gasteiger partial charge in [-0.15, -0.1) is 0 Å². The lowest BCUT2D eigenvalue weighted by Crippen LogP contribution is -2.47. The summed E-state index contributed by atoms with van der Waals surface area (Å²) in [6.45, 7) is 4.61. The molecule has 1 aliphatic rings. The van der Waals surface area contributed by atoms with E-state index in [0.29, 0.717) is 28.0 Å².